The highest BCUT2D eigenvalue weighted by molar-refractivity contribution is 5.96. The monoisotopic (exact) mass is 208 g/mol. The zero-order chi connectivity index (χ0) is 11.3. The number of para-hydroxylation sites is 1. The van der Waals surface area contributed by atoms with Crippen LogP contribution in [0, 0.1) is 0 Å². The summed E-state index contributed by atoms with van der Waals surface area (Å²) in [5, 5.41) is 11.0. The third-order valence-corrected chi connectivity index (χ3v) is 1.77. The summed E-state index contributed by atoms with van der Waals surface area (Å²) in [7, 11) is 0. The molecule has 0 aliphatic rings. The van der Waals surface area contributed by atoms with Crippen LogP contribution in [0.4, 0.5) is 5.69 Å². The normalized spacial score (nSPS) is 11.8. The average Bonchev–Trinajstić information content (AvgIpc) is 2.18. The van der Waals surface area contributed by atoms with Gasteiger partial charge in [-0.2, -0.15) is 0 Å². The summed E-state index contributed by atoms with van der Waals surface area (Å²) in [6, 6.07) is 7.71. The molecule has 5 nitrogen and oxygen atoms in total. The Hall–Kier alpha value is -1.88. The molecule has 0 bridgehead atoms. The largest absolute Gasteiger partial charge is 0.481 e. The number of nitrogens with two attached hydrogens (primary N) is 1. The van der Waals surface area contributed by atoms with Gasteiger partial charge in [-0.1, -0.05) is 18.2 Å². The molecular weight excluding hydrogens is 196 g/mol. The second-order valence-corrected chi connectivity index (χ2v) is 3.06. The third-order valence-electron chi connectivity index (χ3n) is 1.77. The van der Waals surface area contributed by atoms with Gasteiger partial charge >= 0.3 is 5.97 Å². The SMILES string of the molecule is NC(CC(=O)O)C(=O)Nc1ccccc1. The topological polar surface area (TPSA) is 92.4 Å². The molecule has 0 fully saturated rings. The number of rotatable bonds is 4. The fraction of sp³-hybridized carbons (Fsp3) is 0.200. The molecule has 5 heteroatoms. The van der Waals surface area contributed by atoms with Gasteiger partial charge in [-0.25, -0.2) is 0 Å². The van der Waals surface area contributed by atoms with Gasteiger partial charge in [0, 0.05) is 5.69 Å². The molecule has 0 saturated heterocycles. The second-order valence-electron chi connectivity index (χ2n) is 3.06. The molecule has 1 atom stereocenters. The van der Waals surface area contributed by atoms with Gasteiger partial charge in [0.1, 0.15) is 0 Å². The van der Waals surface area contributed by atoms with Crippen LogP contribution >= 0.6 is 0 Å². The first-order chi connectivity index (χ1) is 7.09. The maximum atomic E-state index is 11.3. The van der Waals surface area contributed by atoms with E-state index in [1.165, 1.54) is 0 Å². The van der Waals surface area contributed by atoms with E-state index in [9.17, 15) is 9.59 Å². The molecule has 0 saturated carbocycles. The highest BCUT2D eigenvalue weighted by atomic mass is 16.4. The minimum Gasteiger partial charge on any atom is -0.481 e. The lowest BCUT2D eigenvalue weighted by molar-refractivity contribution is -0.138. The smallest absolute Gasteiger partial charge is 0.305 e. The van der Waals surface area contributed by atoms with Gasteiger partial charge in [0.15, 0.2) is 0 Å². The highest BCUT2D eigenvalue weighted by Gasteiger charge is 2.16. The van der Waals surface area contributed by atoms with Crippen molar-refractivity contribution in [1.29, 1.82) is 0 Å². The summed E-state index contributed by atoms with van der Waals surface area (Å²) in [5.74, 6) is -1.59. The number of carbonyl (C=O) groups excluding carboxylic acids is 1. The van der Waals surface area contributed by atoms with E-state index in [0.717, 1.165) is 0 Å². The molecule has 0 aliphatic carbocycles. The molecule has 0 aromatic heterocycles. The van der Waals surface area contributed by atoms with Crippen molar-refractivity contribution in [1.82, 2.24) is 0 Å². The summed E-state index contributed by atoms with van der Waals surface area (Å²) >= 11 is 0. The van der Waals surface area contributed by atoms with E-state index in [-0.39, 0.29) is 6.42 Å². The molecule has 1 aromatic carbocycles. The Labute approximate surface area is 86.9 Å². The van der Waals surface area contributed by atoms with Crippen LogP contribution in [0.5, 0.6) is 0 Å². The first-order valence-electron chi connectivity index (χ1n) is 4.43. The van der Waals surface area contributed by atoms with E-state index in [1.54, 1.807) is 24.3 Å². The van der Waals surface area contributed by atoms with Crippen LogP contribution in [0.15, 0.2) is 30.3 Å². The van der Waals surface area contributed by atoms with Gasteiger partial charge in [-0.3, -0.25) is 9.59 Å². The van der Waals surface area contributed by atoms with Crippen LogP contribution in [0.25, 0.3) is 0 Å². The van der Waals surface area contributed by atoms with Crippen LogP contribution in [0.3, 0.4) is 0 Å². The van der Waals surface area contributed by atoms with Gasteiger partial charge in [0.2, 0.25) is 5.91 Å². The summed E-state index contributed by atoms with van der Waals surface area (Å²) in [4.78, 5) is 21.7. The number of carboxylic acids is 1. The first kappa shape index (κ1) is 11.2. The standard InChI is InChI=1S/C10H12N2O3/c11-8(6-9(13)14)10(15)12-7-4-2-1-3-5-7/h1-5,8H,6,11H2,(H,12,15)(H,13,14). The number of benzene rings is 1. The molecule has 1 aromatic rings. The Kier molecular flexibility index (Phi) is 3.82. The van der Waals surface area contributed by atoms with Crippen LogP contribution in [0.1, 0.15) is 6.42 Å². The molecule has 1 unspecified atom stereocenters. The van der Waals surface area contributed by atoms with Crippen molar-refractivity contribution in [2.45, 2.75) is 12.5 Å². The Morgan fingerprint density at radius 3 is 2.47 bits per heavy atom. The first-order valence-corrected chi connectivity index (χ1v) is 4.43. The number of carboxylic acid groups (broad SMARTS) is 1. The maximum Gasteiger partial charge on any atom is 0.305 e. The molecule has 1 amide bonds. The average molecular weight is 208 g/mol. The summed E-state index contributed by atoms with van der Waals surface area (Å²) in [6.45, 7) is 0. The number of hydrogen-bond donors (Lipinski definition) is 3. The van der Waals surface area contributed by atoms with Crippen molar-refractivity contribution in [2.75, 3.05) is 5.32 Å². The minimum absolute atomic E-state index is 0.376. The maximum absolute atomic E-state index is 11.3. The number of amides is 1. The molecular formula is C10H12N2O3. The Balaban J connectivity index is 2.52. The summed E-state index contributed by atoms with van der Waals surface area (Å²) < 4.78 is 0. The lowest BCUT2D eigenvalue weighted by Gasteiger charge is -2.09. The predicted molar refractivity (Wildman–Crippen MR) is 55.3 cm³/mol. The van der Waals surface area contributed by atoms with Crippen molar-refractivity contribution >= 4 is 17.6 Å². The lowest BCUT2D eigenvalue weighted by Crippen LogP contribution is -2.37. The van der Waals surface area contributed by atoms with Crippen molar-refractivity contribution < 1.29 is 14.7 Å². The van der Waals surface area contributed by atoms with Crippen molar-refractivity contribution in [3.8, 4) is 0 Å². The molecule has 0 heterocycles. The quantitative estimate of drug-likeness (QED) is 0.668. The van der Waals surface area contributed by atoms with Gasteiger partial charge in [0.25, 0.3) is 0 Å². The second kappa shape index (κ2) is 5.11. The van der Waals surface area contributed by atoms with Crippen molar-refractivity contribution in [2.24, 2.45) is 5.73 Å². The van der Waals surface area contributed by atoms with Crippen LogP contribution in [-0.2, 0) is 9.59 Å². The number of nitrogens with one attached hydrogen (secondary N) is 1. The van der Waals surface area contributed by atoms with Crippen molar-refractivity contribution in [3.05, 3.63) is 30.3 Å². The van der Waals surface area contributed by atoms with E-state index in [4.69, 9.17) is 10.8 Å². The zero-order valence-electron chi connectivity index (χ0n) is 8.01. The lowest BCUT2D eigenvalue weighted by atomic mass is 10.2. The fourth-order valence-corrected chi connectivity index (χ4v) is 1.04. The van der Waals surface area contributed by atoms with Gasteiger partial charge in [-0.15, -0.1) is 0 Å². The van der Waals surface area contributed by atoms with Crippen LogP contribution in [-0.4, -0.2) is 23.0 Å². The minimum atomic E-state index is -1.09. The van der Waals surface area contributed by atoms with E-state index < -0.39 is 17.9 Å². The molecule has 1 rings (SSSR count). The number of hydrogen-bond acceptors (Lipinski definition) is 3. The van der Waals surface area contributed by atoms with Gasteiger partial charge in [-0.05, 0) is 12.1 Å². The molecule has 0 spiro atoms. The summed E-state index contributed by atoms with van der Waals surface area (Å²) in [5.41, 5.74) is 5.97. The van der Waals surface area contributed by atoms with E-state index >= 15 is 0 Å². The molecule has 80 valence electrons. The fourth-order valence-electron chi connectivity index (χ4n) is 1.04. The number of carbonyl (C=O) groups is 2. The predicted octanol–water partition coefficient (Wildman–Crippen LogP) is 0.427. The van der Waals surface area contributed by atoms with Crippen LogP contribution < -0.4 is 11.1 Å². The van der Waals surface area contributed by atoms with Gasteiger partial charge < -0.3 is 16.2 Å². The highest BCUT2D eigenvalue weighted by Crippen LogP contribution is 2.05. The van der Waals surface area contributed by atoms with E-state index in [1.807, 2.05) is 6.07 Å². The Morgan fingerprint density at radius 1 is 1.33 bits per heavy atom. The number of anilines is 1. The van der Waals surface area contributed by atoms with Crippen molar-refractivity contribution in [3.63, 3.8) is 0 Å². The Morgan fingerprint density at radius 2 is 1.93 bits per heavy atom. The van der Waals surface area contributed by atoms with E-state index in [0.29, 0.717) is 5.69 Å². The Bertz CT molecular complexity index is 351. The molecule has 0 radical (unpaired) electrons. The molecule has 0 aliphatic heterocycles. The van der Waals surface area contributed by atoms with Crippen LogP contribution in [0.2, 0.25) is 0 Å². The number of aliphatic carboxylic acids is 1. The van der Waals surface area contributed by atoms with E-state index in [2.05, 4.69) is 5.32 Å². The molecule has 4 N–H and O–H groups in total. The van der Waals surface area contributed by atoms with Gasteiger partial charge in [0.05, 0.1) is 12.5 Å². The molecule has 15 heavy (non-hydrogen) atoms. The summed E-state index contributed by atoms with van der Waals surface area (Å²) in [6.07, 6.45) is -0.376. The third kappa shape index (κ3) is 3.78. The zero-order valence-corrected chi connectivity index (χ0v) is 8.01.